The van der Waals surface area contributed by atoms with Crippen molar-refractivity contribution in [1.82, 2.24) is 0 Å². The molecule has 16 heavy (non-hydrogen) atoms. The van der Waals surface area contributed by atoms with Gasteiger partial charge in [-0.25, -0.2) is 0 Å². The zero-order valence-electron chi connectivity index (χ0n) is 12.3. The molecule has 0 saturated heterocycles. The summed E-state index contributed by atoms with van der Waals surface area (Å²) in [6, 6.07) is 0. The average molecular weight is 226 g/mol. The fraction of sp³-hybridized carbons (Fsp3) is 1.00. The molecule has 0 atom stereocenters. The van der Waals surface area contributed by atoms with Crippen molar-refractivity contribution in [3.05, 3.63) is 0 Å². The number of rotatable bonds is 11. The van der Waals surface area contributed by atoms with Gasteiger partial charge in [0.25, 0.3) is 0 Å². The molecule has 0 heterocycles. The van der Waals surface area contributed by atoms with E-state index in [2.05, 4.69) is 27.7 Å². The molecule has 0 aromatic carbocycles. The van der Waals surface area contributed by atoms with E-state index in [1.54, 1.807) is 0 Å². The molecule has 98 valence electrons. The number of hydrogen-bond acceptors (Lipinski definition) is 0. The van der Waals surface area contributed by atoms with Crippen molar-refractivity contribution < 1.29 is 0 Å². The van der Waals surface area contributed by atoms with Crippen LogP contribution in [0, 0.1) is 5.41 Å². The van der Waals surface area contributed by atoms with Gasteiger partial charge in [0, 0.05) is 0 Å². The van der Waals surface area contributed by atoms with Gasteiger partial charge < -0.3 is 0 Å². The van der Waals surface area contributed by atoms with Crippen LogP contribution in [0.3, 0.4) is 0 Å². The van der Waals surface area contributed by atoms with Crippen LogP contribution >= 0.6 is 0 Å². The van der Waals surface area contributed by atoms with Gasteiger partial charge in [0.2, 0.25) is 0 Å². The van der Waals surface area contributed by atoms with Crippen LogP contribution in [0.5, 0.6) is 0 Å². The van der Waals surface area contributed by atoms with Crippen LogP contribution in [0.25, 0.3) is 0 Å². The lowest BCUT2D eigenvalue weighted by molar-refractivity contribution is 0.185. The summed E-state index contributed by atoms with van der Waals surface area (Å²) in [6.45, 7) is 9.36. The maximum Gasteiger partial charge on any atom is -0.0298 e. The molecule has 0 radical (unpaired) electrons. The first-order valence-corrected chi connectivity index (χ1v) is 7.74. The Morgan fingerprint density at radius 2 is 1.00 bits per heavy atom. The van der Waals surface area contributed by atoms with E-state index in [9.17, 15) is 0 Å². The topological polar surface area (TPSA) is 0 Å². The Labute approximate surface area is 104 Å². The Balaban J connectivity index is 4.12. The smallest absolute Gasteiger partial charge is 0.0298 e. The van der Waals surface area contributed by atoms with E-state index >= 15 is 0 Å². The fourth-order valence-electron chi connectivity index (χ4n) is 3.27. The number of hydrogen-bond donors (Lipinski definition) is 0. The number of unbranched alkanes of at least 4 members (excludes halogenated alkanes) is 3. The molecular weight excluding hydrogens is 192 g/mol. The maximum absolute atomic E-state index is 2.35. The third kappa shape index (κ3) is 6.55. The zero-order chi connectivity index (χ0) is 12.3. The van der Waals surface area contributed by atoms with Crippen LogP contribution < -0.4 is 0 Å². The highest BCUT2D eigenvalue weighted by atomic mass is 14.3. The van der Waals surface area contributed by atoms with Crippen LogP contribution in [0.15, 0.2) is 0 Å². The van der Waals surface area contributed by atoms with Crippen LogP contribution in [0.4, 0.5) is 0 Å². The molecule has 0 aliphatic carbocycles. The predicted octanol–water partition coefficient (Wildman–Crippen LogP) is 6.34. The average Bonchev–Trinajstić information content (AvgIpc) is 2.26. The summed E-state index contributed by atoms with van der Waals surface area (Å²) in [5.41, 5.74) is 0.700. The van der Waals surface area contributed by atoms with Crippen LogP contribution in [0.2, 0.25) is 0 Å². The monoisotopic (exact) mass is 226 g/mol. The van der Waals surface area contributed by atoms with Gasteiger partial charge >= 0.3 is 0 Å². The standard InChI is InChI=1S/C16H34/c1-5-9-10-11-15-16(12-6-2,13-7-3)14-8-4/h5-15H2,1-4H3. The van der Waals surface area contributed by atoms with E-state index in [-0.39, 0.29) is 0 Å². The first-order chi connectivity index (χ1) is 7.74. The minimum atomic E-state index is 0.700. The Kier molecular flexibility index (Phi) is 10.2. The Morgan fingerprint density at radius 3 is 1.38 bits per heavy atom. The van der Waals surface area contributed by atoms with E-state index < -0.39 is 0 Å². The van der Waals surface area contributed by atoms with Gasteiger partial charge in [0.05, 0.1) is 0 Å². The van der Waals surface area contributed by atoms with Gasteiger partial charge in [0.15, 0.2) is 0 Å². The molecule has 0 spiro atoms. The minimum Gasteiger partial charge on any atom is -0.0654 e. The SMILES string of the molecule is CCCCCCC(CCC)(CCC)CCC. The van der Waals surface area contributed by atoms with Crippen molar-refractivity contribution in [2.75, 3.05) is 0 Å². The zero-order valence-corrected chi connectivity index (χ0v) is 12.3. The third-order valence-electron chi connectivity index (χ3n) is 3.90. The van der Waals surface area contributed by atoms with Gasteiger partial charge in [-0.2, -0.15) is 0 Å². The Bertz CT molecular complexity index is 120. The summed E-state index contributed by atoms with van der Waals surface area (Å²) >= 11 is 0. The minimum absolute atomic E-state index is 0.700. The van der Waals surface area contributed by atoms with E-state index in [0.29, 0.717) is 5.41 Å². The molecule has 0 aliphatic heterocycles. The summed E-state index contributed by atoms with van der Waals surface area (Å²) in [5, 5.41) is 0. The highest BCUT2D eigenvalue weighted by molar-refractivity contribution is 4.78. The summed E-state index contributed by atoms with van der Waals surface area (Å²) < 4.78 is 0. The maximum atomic E-state index is 2.35. The molecule has 0 aromatic rings. The van der Waals surface area contributed by atoms with Crippen molar-refractivity contribution in [2.45, 2.75) is 98.3 Å². The molecule has 0 bridgehead atoms. The highest BCUT2D eigenvalue weighted by Crippen LogP contribution is 2.40. The van der Waals surface area contributed by atoms with Crippen molar-refractivity contribution in [3.8, 4) is 0 Å². The van der Waals surface area contributed by atoms with Crippen LogP contribution in [-0.4, -0.2) is 0 Å². The molecule has 0 aliphatic rings. The van der Waals surface area contributed by atoms with E-state index in [1.807, 2.05) is 0 Å². The Morgan fingerprint density at radius 1 is 0.500 bits per heavy atom. The summed E-state index contributed by atoms with van der Waals surface area (Å²) in [7, 11) is 0. The van der Waals surface area contributed by atoms with E-state index in [1.165, 1.54) is 70.6 Å². The Hall–Kier alpha value is 0. The fourth-order valence-corrected chi connectivity index (χ4v) is 3.27. The van der Waals surface area contributed by atoms with E-state index in [4.69, 9.17) is 0 Å². The largest absolute Gasteiger partial charge is 0.0654 e. The molecule has 0 rings (SSSR count). The highest BCUT2D eigenvalue weighted by Gasteiger charge is 2.26. The first kappa shape index (κ1) is 16.0. The predicted molar refractivity (Wildman–Crippen MR) is 75.9 cm³/mol. The normalized spacial score (nSPS) is 12.0. The van der Waals surface area contributed by atoms with Crippen LogP contribution in [-0.2, 0) is 0 Å². The summed E-state index contributed by atoms with van der Waals surface area (Å²) in [5.74, 6) is 0. The molecule has 0 heteroatoms. The first-order valence-electron chi connectivity index (χ1n) is 7.74. The summed E-state index contributed by atoms with van der Waals surface area (Å²) in [4.78, 5) is 0. The lowest BCUT2D eigenvalue weighted by Crippen LogP contribution is -2.20. The molecule has 0 nitrogen and oxygen atoms in total. The molecule has 0 amide bonds. The molecule has 0 unspecified atom stereocenters. The lowest BCUT2D eigenvalue weighted by Gasteiger charge is -2.34. The molecule has 0 saturated carbocycles. The van der Waals surface area contributed by atoms with Gasteiger partial charge in [-0.05, 0) is 31.1 Å². The second kappa shape index (κ2) is 10.2. The van der Waals surface area contributed by atoms with Crippen molar-refractivity contribution in [3.63, 3.8) is 0 Å². The van der Waals surface area contributed by atoms with Crippen molar-refractivity contribution >= 4 is 0 Å². The van der Waals surface area contributed by atoms with Gasteiger partial charge in [0.1, 0.15) is 0 Å². The quantitative estimate of drug-likeness (QED) is 0.360. The van der Waals surface area contributed by atoms with Gasteiger partial charge in [-0.1, -0.05) is 72.6 Å². The van der Waals surface area contributed by atoms with Gasteiger partial charge in [-0.15, -0.1) is 0 Å². The van der Waals surface area contributed by atoms with Gasteiger partial charge in [-0.3, -0.25) is 0 Å². The lowest BCUT2D eigenvalue weighted by atomic mass is 9.72. The molecule has 0 fully saturated rings. The molecule has 0 aromatic heterocycles. The van der Waals surface area contributed by atoms with E-state index in [0.717, 1.165) is 0 Å². The third-order valence-corrected chi connectivity index (χ3v) is 3.90. The van der Waals surface area contributed by atoms with Crippen molar-refractivity contribution in [2.24, 2.45) is 5.41 Å². The second-order valence-corrected chi connectivity index (χ2v) is 5.56. The summed E-state index contributed by atoms with van der Waals surface area (Å²) in [6.07, 6.45) is 15.7. The second-order valence-electron chi connectivity index (χ2n) is 5.56. The van der Waals surface area contributed by atoms with Crippen LogP contribution in [0.1, 0.15) is 98.3 Å². The molecular formula is C16H34. The molecule has 0 N–H and O–H groups in total. The van der Waals surface area contributed by atoms with Crippen molar-refractivity contribution in [1.29, 1.82) is 0 Å².